The minimum absolute atomic E-state index is 0.00479. The predicted molar refractivity (Wildman–Crippen MR) is 129 cm³/mol. The second-order valence-electron chi connectivity index (χ2n) is 9.13. The third-order valence-electron chi connectivity index (χ3n) is 5.60. The lowest BCUT2D eigenvalue weighted by molar-refractivity contribution is -0.113. The van der Waals surface area contributed by atoms with Crippen molar-refractivity contribution in [1.82, 2.24) is 9.55 Å². The molecule has 1 amide bonds. The molecule has 1 aliphatic heterocycles. The molecule has 7 heteroatoms. The lowest BCUT2D eigenvalue weighted by Gasteiger charge is -2.19. The van der Waals surface area contributed by atoms with Crippen molar-refractivity contribution in [3.05, 3.63) is 64.4 Å². The Kier molecular flexibility index (Phi) is 6.67. The van der Waals surface area contributed by atoms with Crippen LogP contribution in [0.15, 0.2) is 58.5 Å². The fraction of sp³-hybridized carbons (Fsp3) is 0.400. The Morgan fingerprint density at radius 2 is 1.94 bits per heavy atom. The molecule has 1 atom stereocenters. The molecule has 1 unspecified atom stereocenters. The number of carbonyl (C=O) groups excluding carboxylic acids is 1. The Morgan fingerprint density at radius 3 is 2.62 bits per heavy atom. The SMILES string of the molecule is CC(C)(C)c1ccc(NC(=O)CSc2nc3ccccc3c(=O)n2CC2CCCO2)cc1. The van der Waals surface area contributed by atoms with E-state index in [0.717, 1.165) is 25.1 Å². The third-order valence-corrected chi connectivity index (χ3v) is 6.58. The molecule has 1 aliphatic rings. The highest BCUT2D eigenvalue weighted by Gasteiger charge is 2.21. The van der Waals surface area contributed by atoms with Crippen LogP contribution in [0, 0.1) is 0 Å². The van der Waals surface area contributed by atoms with Gasteiger partial charge in [0.1, 0.15) is 0 Å². The number of hydrogen-bond donors (Lipinski definition) is 1. The number of carbonyl (C=O) groups is 1. The van der Waals surface area contributed by atoms with E-state index in [0.29, 0.717) is 22.6 Å². The molecule has 1 N–H and O–H groups in total. The summed E-state index contributed by atoms with van der Waals surface area (Å²) in [5.74, 6) is 0.0294. The van der Waals surface area contributed by atoms with E-state index >= 15 is 0 Å². The van der Waals surface area contributed by atoms with E-state index in [1.165, 1.54) is 17.3 Å². The minimum Gasteiger partial charge on any atom is -0.376 e. The van der Waals surface area contributed by atoms with E-state index in [-0.39, 0.29) is 28.7 Å². The minimum atomic E-state index is -0.135. The molecule has 0 saturated carbocycles. The summed E-state index contributed by atoms with van der Waals surface area (Å²) in [5, 5.41) is 4.06. The highest BCUT2D eigenvalue weighted by molar-refractivity contribution is 7.99. The van der Waals surface area contributed by atoms with Gasteiger partial charge in [-0.2, -0.15) is 0 Å². The average molecular weight is 452 g/mol. The Labute approximate surface area is 192 Å². The fourth-order valence-electron chi connectivity index (χ4n) is 3.79. The molecule has 3 aromatic rings. The number of benzene rings is 2. The molecule has 168 valence electrons. The van der Waals surface area contributed by atoms with Crippen LogP contribution in [0.25, 0.3) is 10.9 Å². The lowest BCUT2D eigenvalue weighted by Crippen LogP contribution is -2.29. The number of nitrogens with zero attached hydrogens (tertiary/aromatic N) is 2. The summed E-state index contributed by atoms with van der Waals surface area (Å²) in [6, 6.07) is 15.2. The maximum absolute atomic E-state index is 13.1. The van der Waals surface area contributed by atoms with Crippen LogP contribution in [-0.4, -0.2) is 33.9 Å². The molecule has 0 bridgehead atoms. The summed E-state index contributed by atoms with van der Waals surface area (Å²) in [4.78, 5) is 30.4. The van der Waals surface area contributed by atoms with Crippen LogP contribution >= 0.6 is 11.8 Å². The van der Waals surface area contributed by atoms with Crippen molar-refractivity contribution in [2.24, 2.45) is 0 Å². The van der Waals surface area contributed by atoms with Gasteiger partial charge < -0.3 is 10.1 Å². The third kappa shape index (κ3) is 5.22. The maximum atomic E-state index is 13.1. The summed E-state index contributed by atoms with van der Waals surface area (Å²) >= 11 is 1.28. The molecule has 32 heavy (non-hydrogen) atoms. The molecule has 2 heterocycles. The first-order valence-electron chi connectivity index (χ1n) is 11.0. The molecule has 1 aromatic heterocycles. The van der Waals surface area contributed by atoms with Crippen LogP contribution < -0.4 is 10.9 Å². The first kappa shape index (κ1) is 22.6. The molecule has 2 aromatic carbocycles. The number of fused-ring (bicyclic) bond motifs is 1. The van der Waals surface area contributed by atoms with Crippen molar-refractivity contribution in [3.8, 4) is 0 Å². The van der Waals surface area contributed by atoms with Crippen molar-refractivity contribution in [2.75, 3.05) is 17.7 Å². The number of ether oxygens (including phenoxy) is 1. The Bertz CT molecular complexity index is 1160. The molecule has 1 fully saturated rings. The van der Waals surface area contributed by atoms with Gasteiger partial charge in [-0.1, -0.05) is 56.8 Å². The van der Waals surface area contributed by atoms with Crippen LogP contribution in [-0.2, 0) is 21.5 Å². The van der Waals surface area contributed by atoms with Crippen molar-refractivity contribution < 1.29 is 9.53 Å². The van der Waals surface area contributed by atoms with E-state index in [1.807, 2.05) is 42.5 Å². The highest BCUT2D eigenvalue weighted by atomic mass is 32.2. The van der Waals surface area contributed by atoms with Gasteiger partial charge in [-0.15, -0.1) is 0 Å². The zero-order chi connectivity index (χ0) is 22.7. The maximum Gasteiger partial charge on any atom is 0.262 e. The summed E-state index contributed by atoms with van der Waals surface area (Å²) in [6.45, 7) is 7.64. The van der Waals surface area contributed by atoms with E-state index < -0.39 is 0 Å². The van der Waals surface area contributed by atoms with Crippen LogP contribution in [0.3, 0.4) is 0 Å². The first-order valence-corrected chi connectivity index (χ1v) is 11.9. The number of aromatic nitrogens is 2. The number of hydrogen-bond acceptors (Lipinski definition) is 5. The Balaban J connectivity index is 1.50. The molecule has 0 spiro atoms. The molecule has 1 saturated heterocycles. The first-order chi connectivity index (χ1) is 15.3. The summed E-state index contributed by atoms with van der Waals surface area (Å²) < 4.78 is 7.40. The summed E-state index contributed by atoms with van der Waals surface area (Å²) in [7, 11) is 0. The van der Waals surface area contributed by atoms with Gasteiger partial charge in [0.15, 0.2) is 5.16 Å². The lowest BCUT2D eigenvalue weighted by atomic mass is 9.87. The number of amides is 1. The van der Waals surface area contributed by atoms with Crippen molar-refractivity contribution in [3.63, 3.8) is 0 Å². The zero-order valence-corrected chi connectivity index (χ0v) is 19.6. The Hall–Kier alpha value is -2.64. The van der Waals surface area contributed by atoms with Gasteiger partial charge in [0, 0.05) is 12.3 Å². The van der Waals surface area contributed by atoms with Crippen LogP contribution in [0.1, 0.15) is 39.2 Å². The molecular formula is C25H29N3O3S. The van der Waals surface area contributed by atoms with Crippen LogP contribution in [0.4, 0.5) is 5.69 Å². The van der Waals surface area contributed by atoms with Crippen LogP contribution in [0.5, 0.6) is 0 Å². The number of nitrogens with one attached hydrogen (secondary N) is 1. The van der Waals surface area contributed by atoms with Crippen LogP contribution in [0.2, 0.25) is 0 Å². The molecule has 6 nitrogen and oxygen atoms in total. The standard InChI is InChI=1S/C25H29N3O3S/c1-25(2,3)17-10-12-18(13-11-17)26-22(29)16-32-24-27-21-9-5-4-8-20(21)23(30)28(24)15-19-7-6-14-31-19/h4-5,8-13,19H,6-7,14-16H2,1-3H3,(H,26,29). The van der Waals surface area contributed by atoms with E-state index in [4.69, 9.17) is 4.74 Å². The van der Waals surface area contributed by atoms with E-state index in [1.54, 1.807) is 10.6 Å². The summed E-state index contributed by atoms with van der Waals surface area (Å²) in [6.07, 6.45) is 1.93. The molecule has 0 aliphatic carbocycles. The van der Waals surface area contributed by atoms with Gasteiger partial charge in [0.2, 0.25) is 5.91 Å². The average Bonchev–Trinajstić information content (AvgIpc) is 3.27. The summed E-state index contributed by atoms with van der Waals surface area (Å²) in [5.41, 5.74) is 2.58. The van der Waals surface area contributed by atoms with E-state index in [2.05, 4.69) is 31.1 Å². The topological polar surface area (TPSA) is 73.2 Å². The van der Waals surface area contributed by atoms with Crippen molar-refractivity contribution in [1.29, 1.82) is 0 Å². The fourth-order valence-corrected chi connectivity index (χ4v) is 4.60. The quantitative estimate of drug-likeness (QED) is 0.438. The number of rotatable bonds is 6. The molecule has 0 radical (unpaired) electrons. The van der Waals surface area contributed by atoms with Gasteiger partial charge >= 0.3 is 0 Å². The normalized spacial score (nSPS) is 16.4. The number of thioether (sulfide) groups is 1. The van der Waals surface area contributed by atoms with Crippen molar-refractivity contribution >= 4 is 34.3 Å². The largest absolute Gasteiger partial charge is 0.376 e. The molecular weight excluding hydrogens is 422 g/mol. The number of anilines is 1. The van der Waals surface area contributed by atoms with Gasteiger partial charge in [0.25, 0.3) is 5.56 Å². The monoisotopic (exact) mass is 451 g/mol. The van der Waals surface area contributed by atoms with E-state index in [9.17, 15) is 9.59 Å². The highest BCUT2D eigenvalue weighted by Crippen LogP contribution is 2.24. The predicted octanol–water partition coefficient (Wildman–Crippen LogP) is 4.60. The van der Waals surface area contributed by atoms with Crippen molar-refractivity contribution in [2.45, 2.75) is 56.8 Å². The van der Waals surface area contributed by atoms with Gasteiger partial charge in [-0.05, 0) is 48.1 Å². The smallest absolute Gasteiger partial charge is 0.262 e. The van der Waals surface area contributed by atoms with Gasteiger partial charge in [0.05, 0.1) is 29.3 Å². The second kappa shape index (κ2) is 9.46. The second-order valence-corrected chi connectivity index (χ2v) is 10.1. The Morgan fingerprint density at radius 1 is 1.19 bits per heavy atom. The van der Waals surface area contributed by atoms with Gasteiger partial charge in [-0.25, -0.2) is 4.98 Å². The zero-order valence-electron chi connectivity index (χ0n) is 18.8. The van der Waals surface area contributed by atoms with Gasteiger partial charge in [-0.3, -0.25) is 14.2 Å². The molecule has 4 rings (SSSR count). The number of para-hydroxylation sites is 1.